The highest BCUT2D eigenvalue weighted by Gasteiger charge is 2.51. The van der Waals surface area contributed by atoms with Gasteiger partial charge in [-0.05, 0) is 37.5 Å². The molecule has 1 aliphatic rings. The maximum Gasteiger partial charge on any atom is 0.325 e. The SMILES string of the molecule is Cc1ccc([C@@]2(C)NC(=O)N(Cc3cnc(-c4ccc(C(C)C)cc4)s3)C2=O)o1. The lowest BCUT2D eigenvalue weighted by molar-refractivity contribution is -0.132. The molecule has 6 nitrogen and oxygen atoms in total. The minimum Gasteiger partial charge on any atom is -0.463 e. The predicted octanol–water partition coefficient (Wildman–Crippen LogP) is 4.80. The molecule has 7 heteroatoms. The van der Waals surface area contributed by atoms with Crippen LogP contribution in [0.5, 0.6) is 0 Å². The zero-order valence-corrected chi connectivity index (χ0v) is 17.7. The minimum atomic E-state index is -1.19. The summed E-state index contributed by atoms with van der Waals surface area (Å²) in [6.07, 6.45) is 1.73. The average Bonchev–Trinajstić information content (AvgIpc) is 3.39. The molecule has 2 aromatic heterocycles. The second-order valence-electron chi connectivity index (χ2n) is 7.77. The first-order chi connectivity index (χ1) is 13.8. The normalized spacial score (nSPS) is 19.3. The van der Waals surface area contributed by atoms with Crippen LogP contribution in [0.25, 0.3) is 10.6 Å². The van der Waals surface area contributed by atoms with Crippen LogP contribution >= 0.6 is 11.3 Å². The summed E-state index contributed by atoms with van der Waals surface area (Å²) in [6.45, 7) is 7.97. The van der Waals surface area contributed by atoms with E-state index in [1.165, 1.54) is 21.8 Å². The fourth-order valence-corrected chi connectivity index (χ4v) is 4.30. The largest absolute Gasteiger partial charge is 0.463 e. The molecule has 1 saturated heterocycles. The fraction of sp³-hybridized carbons (Fsp3) is 0.318. The van der Waals surface area contributed by atoms with Crippen LogP contribution in [-0.4, -0.2) is 21.8 Å². The summed E-state index contributed by atoms with van der Waals surface area (Å²) in [6, 6.07) is 11.4. The monoisotopic (exact) mass is 409 g/mol. The van der Waals surface area contributed by atoms with E-state index in [1.54, 1.807) is 32.2 Å². The summed E-state index contributed by atoms with van der Waals surface area (Å²) < 4.78 is 5.60. The van der Waals surface area contributed by atoms with Gasteiger partial charge in [0.15, 0.2) is 5.54 Å². The Morgan fingerprint density at radius 1 is 1.17 bits per heavy atom. The molecular formula is C22H23N3O3S. The topological polar surface area (TPSA) is 75.4 Å². The van der Waals surface area contributed by atoms with Gasteiger partial charge in [-0.3, -0.25) is 9.69 Å². The molecule has 0 aliphatic carbocycles. The second kappa shape index (κ2) is 7.15. The van der Waals surface area contributed by atoms with Crippen molar-refractivity contribution in [2.75, 3.05) is 0 Å². The molecule has 1 N–H and O–H groups in total. The van der Waals surface area contributed by atoms with Crippen molar-refractivity contribution in [2.24, 2.45) is 0 Å². The molecule has 3 aromatic rings. The Bertz CT molecular complexity index is 1070. The number of nitrogens with zero attached hydrogens (tertiary/aromatic N) is 2. The predicted molar refractivity (Wildman–Crippen MR) is 112 cm³/mol. The molecule has 150 valence electrons. The van der Waals surface area contributed by atoms with Crippen LogP contribution in [0.2, 0.25) is 0 Å². The Kier molecular flexibility index (Phi) is 4.78. The van der Waals surface area contributed by atoms with Crippen LogP contribution in [0, 0.1) is 6.92 Å². The van der Waals surface area contributed by atoms with Gasteiger partial charge in [-0.15, -0.1) is 11.3 Å². The third-order valence-corrected chi connectivity index (χ3v) is 6.23. The number of hydrogen-bond donors (Lipinski definition) is 1. The van der Waals surface area contributed by atoms with E-state index in [9.17, 15) is 9.59 Å². The van der Waals surface area contributed by atoms with Gasteiger partial charge in [0.1, 0.15) is 16.5 Å². The molecule has 1 atom stereocenters. The van der Waals surface area contributed by atoms with E-state index in [4.69, 9.17) is 4.42 Å². The molecule has 0 bridgehead atoms. The van der Waals surface area contributed by atoms with Crippen molar-refractivity contribution in [3.63, 3.8) is 0 Å². The van der Waals surface area contributed by atoms with Gasteiger partial charge < -0.3 is 9.73 Å². The van der Waals surface area contributed by atoms with Gasteiger partial charge >= 0.3 is 6.03 Å². The maximum absolute atomic E-state index is 13.0. The number of aryl methyl sites for hydroxylation is 1. The highest BCUT2D eigenvalue weighted by molar-refractivity contribution is 7.15. The molecule has 0 saturated carbocycles. The summed E-state index contributed by atoms with van der Waals surface area (Å²) in [5, 5.41) is 3.63. The van der Waals surface area contributed by atoms with E-state index in [2.05, 4.69) is 48.4 Å². The summed E-state index contributed by atoms with van der Waals surface area (Å²) in [4.78, 5) is 32.0. The third-order valence-electron chi connectivity index (χ3n) is 5.20. The number of amides is 3. The van der Waals surface area contributed by atoms with E-state index >= 15 is 0 Å². The number of carbonyl (C=O) groups is 2. The third kappa shape index (κ3) is 3.46. The van der Waals surface area contributed by atoms with Gasteiger partial charge in [-0.1, -0.05) is 38.1 Å². The zero-order valence-electron chi connectivity index (χ0n) is 16.9. The van der Waals surface area contributed by atoms with E-state index in [0.29, 0.717) is 17.4 Å². The number of carbonyl (C=O) groups excluding carboxylic acids is 2. The average molecular weight is 410 g/mol. The lowest BCUT2D eigenvalue weighted by Crippen LogP contribution is -2.40. The Morgan fingerprint density at radius 3 is 2.52 bits per heavy atom. The van der Waals surface area contributed by atoms with Crippen LogP contribution in [-0.2, 0) is 16.9 Å². The van der Waals surface area contributed by atoms with E-state index in [0.717, 1.165) is 15.4 Å². The molecule has 4 rings (SSSR count). The first-order valence-corrected chi connectivity index (χ1v) is 10.4. The number of aromatic nitrogens is 1. The van der Waals surface area contributed by atoms with Crippen LogP contribution < -0.4 is 5.32 Å². The Morgan fingerprint density at radius 2 is 1.90 bits per heavy atom. The van der Waals surface area contributed by atoms with Gasteiger partial charge in [0.25, 0.3) is 5.91 Å². The van der Waals surface area contributed by atoms with Crippen molar-refractivity contribution >= 4 is 23.3 Å². The molecule has 1 fully saturated rings. The summed E-state index contributed by atoms with van der Waals surface area (Å²) >= 11 is 1.48. The van der Waals surface area contributed by atoms with Crippen LogP contribution in [0.4, 0.5) is 4.79 Å². The molecule has 0 radical (unpaired) electrons. The van der Waals surface area contributed by atoms with Crippen LogP contribution in [0.15, 0.2) is 47.0 Å². The van der Waals surface area contributed by atoms with Crippen molar-refractivity contribution in [2.45, 2.75) is 45.7 Å². The van der Waals surface area contributed by atoms with Gasteiger partial charge in [-0.2, -0.15) is 0 Å². The number of rotatable bonds is 5. The Labute approximate surface area is 173 Å². The van der Waals surface area contributed by atoms with Crippen molar-refractivity contribution in [1.29, 1.82) is 0 Å². The summed E-state index contributed by atoms with van der Waals surface area (Å²) in [5.41, 5.74) is 1.11. The lowest BCUT2D eigenvalue weighted by atomic mass is 9.99. The zero-order chi connectivity index (χ0) is 20.8. The van der Waals surface area contributed by atoms with Crippen LogP contribution in [0.3, 0.4) is 0 Å². The standard InChI is InChI=1S/C22H23N3O3S/c1-13(2)15-6-8-16(9-7-15)19-23-11-17(29-19)12-25-20(26)22(4,24-21(25)27)18-10-5-14(3)28-18/h5-11,13H,12H2,1-4H3,(H,24,27)/t22-/m1/s1. The lowest BCUT2D eigenvalue weighted by Gasteiger charge is -2.18. The Hall–Kier alpha value is -2.93. The quantitative estimate of drug-likeness (QED) is 0.614. The van der Waals surface area contributed by atoms with E-state index in [1.807, 2.05) is 0 Å². The number of hydrogen-bond acceptors (Lipinski definition) is 5. The van der Waals surface area contributed by atoms with Crippen molar-refractivity contribution in [3.8, 4) is 10.6 Å². The highest BCUT2D eigenvalue weighted by atomic mass is 32.1. The Balaban J connectivity index is 1.53. The van der Waals surface area contributed by atoms with Gasteiger partial charge in [0.05, 0.1) is 6.54 Å². The number of benzene rings is 1. The number of imide groups is 1. The molecule has 3 amide bonds. The number of furan rings is 1. The first kappa shape index (κ1) is 19.4. The summed E-state index contributed by atoms with van der Waals surface area (Å²) in [5.74, 6) is 1.28. The molecular weight excluding hydrogens is 386 g/mol. The molecule has 29 heavy (non-hydrogen) atoms. The molecule has 0 unspecified atom stereocenters. The van der Waals surface area contributed by atoms with Crippen molar-refractivity contribution < 1.29 is 14.0 Å². The fourth-order valence-electron chi connectivity index (χ4n) is 3.39. The minimum absolute atomic E-state index is 0.182. The van der Waals surface area contributed by atoms with Gasteiger partial charge in [-0.25, -0.2) is 9.78 Å². The second-order valence-corrected chi connectivity index (χ2v) is 8.88. The number of nitrogens with one attached hydrogen (secondary N) is 1. The molecule has 1 aromatic carbocycles. The van der Waals surface area contributed by atoms with Gasteiger partial charge in [0.2, 0.25) is 0 Å². The number of thiazole rings is 1. The van der Waals surface area contributed by atoms with Crippen molar-refractivity contribution in [3.05, 3.63) is 64.6 Å². The number of urea groups is 1. The maximum atomic E-state index is 13.0. The van der Waals surface area contributed by atoms with E-state index in [-0.39, 0.29) is 12.5 Å². The van der Waals surface area contributed by atoms with E-state index < -0.39 is 11.6 Å². The smallest absolute Gasteiger partial charge is 0.325 e. The van der Waals surface area contributed by atoms with Gasteiger partial charge in [0, 0.05) is 16.6 Å². The first-order valence-electron chi connectivity index (χ1n) is 9.54. The molecule has 0 spiro atoms. The highest BCUT2D eigenvalue weighted by Crippen LogP contribution is 2.33. The molecule has 1 aliphatic heterocycles. The summed E-state index contributed by atoms with van der Waals surface area (Å²) in [7, 11) is 0. The van der Waals surface area contributed by atoms with Crippen molar-refractivity contribution in [1.82, 2.24) is 15.2 Å². The van der Waals surface area contributed by atoms with Crippen LogP contribution in [0.1, 0.15) is 48.7 Å². The molecule has 3 heterocycles.